The minimum Gasteiger partial charge on any atom is -0.378 e. The predicted molar refractivity (Wildman–Crippen MR) is 106 cm³/mol. The van der Waals surface area contributed by atoms with Gasteiger partial charge < -0.3 is 9.64 Å². The first kappa shape index (κ1) is 19.8. The van der Waals surface area contributed by atoms with E-state index in [9.17, 15) is 13.2 Å². The first-order valence-electron chi connectivity index (χ1n) is 9.46. The molecular formula is C20H23N3O5S. The lowest BCUT2D eigenvalue weighted by Gasteiger charge is -2.34. The summed E-state index contributed by atoms with van der Waals surface area (Å²) in [6.45, 7) is 2.87. The highest BCUT2D eigenvalue weighted by Gasteiger charge is 2.39. The number of sulfonamides is 1. The molecule has 29 heavy (non-hydrogen) atoms. The minimum absolute atomic E-state index is 0.0712. The molecule has 0 aliphatic carbocycles. The van der Waals surface area contributed by atoms with Crippen LogP contribution in [0.25, 0.3) is 0 Å². The van der Waals surface area contributed by atoms with Crippen molar-refractivity contribution in [2.45, 2.75) is 23.9 Å². The lowest BCUT2D eigenvalue weighted by Crippen LogP contribution is -2.51. The third-order valence-corrected chi connectivity index (χ3v) is 7.31. The number of rotatable bonds is 4. The number of nitrogens with zero attached hydrogens (tertiary/aromatic N) is 2. The number of morpholine rings is 1. The molecule has 9 heteroatoms. The highest BCUT2D eigenvalue weighted by atomic mass is 32.2. The summed E-state index contributed by atoms with van der Waals surface area (Å²) in [5, 5.41) is 9.13. The average molecular weight is 417 g/mol. The molecule has 8 nitrogen and oxygen atoms in total. The Kier molecular flexibility index (Phi) is 5.55. The van der Waals surface area contributed by atoms with Gasteiger partial charge in [0, 0.05) is 25.3 Å². The van der Waals surface area contributed by atoms with E-state index < -0.39 is 22.0 Å². The van der Waals surface area contributed by atoms with E-state index in [4.69, 9.17) is 9.94 Å². The second-order valence-electron chi connectivity index (χ2n) is 7.11. The van der Waals surface area contributed by atoms with Gasteiger partial charge in [0.25, 0.3) is 5.91 Å². The molecule has 1 amide bonds. The summed E-state index contributed by atoms with van der Waals surface area (Å²) in [6.07, 6.45) is 0.202. The molecule has 2 aliphatic rings. The topological polar surface area (TPSA) is 99.2 Å². The Morgan fingerprint density at radius 1 is 1.03 bits per heavy atom. The van der Waals surface area contributed by atoms with Gasteiger partial charge in [-0.05, 0) is 41.8 Å². The van der Waals surface area contributed by atoms with Crippen LogP contribution in [0.2, 0.25) is 0 Å². The van der Waals surface area contributed by atoms with E-state index in [1.54, 1.807) is 29.7 Å². The van der Waals surface area contributed by atoms with Crippen LogP contribution in [0, 0.1) is 0 Å². The smallest absolute Gasteiger partial charge is 0.262 e. The molecule has 2 N–H and O–H groups in total. The molecular weight excluding hydrogens is 394 g/mol. The minimum atomic E-state index is -3.94. The number of ether oxygens (including phenoxy) is 1. The Bertz CT molecular complexity index is 987. The molecule has 0 unspecified atom stereocenters. The highest BCUT2D eigenvalue weighted by molar-refractivity contribution is 7.89. The molecule has 4 rings (SSSR count). The molecule has 0 spiro atoms. The number of anilines is 1. The molecule has 2 heterocycles. The fraction of sp³-hybridized carbons (Fsp3) is 0.350. The van der Waals surface area contributed by atoms with Gasteiger partial charge in [0.05, 0.1) is 18.1 Å². The average Bonchev–Trinajstić information content (AvgIpc) is 2.78. The van der Waals surface area contributed by atoms with E-state index in [0.717, 1.165) is 34.2 Å². The van der Waals surface area contributed by atoms with Crippen LogP contribution in [-0.2, 0) is 32.5 Å². The van der Waals surface area contributed by atoms with Gasteiger partial charge in [-0.1, -0.05) is 24.3 Å². The summed E-state index contributed by atoms with van der Waals surface area (Å²) in [5.41, 5.74) is 4.29. The van der Waals surface area contributed by atoms with Gasteiger partial charge in [-0.15, -0.1) is 0 Å². The largest absolute Gasteiger partial charge is 0.378 e. The van der Waals surface area contributed by atoms with Crippen LogP contribution in [0.3, 0.4) is 0 Å². The third-order valence-electron chi connectivity index (χ3n) is 5.44. The van der Waals surface area contributed by atoms with Gasteiger partial charge in [0.1, 0.15) is 6.04 Å². The monoisotopic (exact) mass is 417 g/mol. The Hall–Kier alpha value is -2.46. The van der Waals surface area contributed by atoms with Crippen molar-refractivity contribution < 1.29 is 23.2 Å². The molecule has 154 valence electrons. The summed E-state index contributed by atoms with van der Waals surface area (Å²) >= 11 is 0. The molecule has 0 radical (unpaired) electrons. The normalized spacial score (nSPS) is 20.2. The van der Waals surface area contributed by atoms with Crippen molar-refractivity contribution in [2.75, 3.05) is 31.2 Å². The molecule has 0 saturated carbocycles. The number of benzene rings is 2. The molecule has 2 aromatic carbocycles. The molecule has 1 atom stereocenters. The lowest BCUT2D eigenvalue weighted by molar-refractivity contribution is -0.133. The second kappa shape index (κ2) is 8.11. The van der Waals surface area contributed by atoms with E-state index in [0.29, 0.717) is 13.2 Å². The van der Waals surface area contributed by atoms with Gasteiger partial charge in [-0.3, -0.25) is 10.0 Å². The lowest BCUT2D eigenvalue weighted by atomic mass is 9.95. The molecule has 2 aromatic rings. The maximum atomic E-state index is 13.3. The number of hydrogen-bond donors (Lipinski definition) is 2. The van der Waals surface area contributed by atoms with Crippen LogP contribution in [0.1, 0.15) is 11.1 Å². The van der Waals surface area contributed by atoms with Gasteiger partial charge in [0.2, 0.25) is 10.0 Å². The van der Waals surface area contributed by atoms with Gasteiger partial charge >= 0.3 is 0 Å². The summed E-state index contributed by atoms with van der Waals surface area (Å²) in [7, 11) is -3.94. The second-order valence-corrected chi connectivity index (χ2v) is 9.00. The number of fused-ring (bicyclic) bond motifs is 1. The van der Waals surface area contributed by atoms with Gasteiger partial charge in [-0.25, -0.2) is 13.9 Å². The quantitative estimate of drug-likeness (QED) is 0.572. The fourth-order valence-electron chi connectivity index (χ4n) is 3.84. The van der Waals surface area contributed by atoms with Crippen molar-refractivity contribution in [3.05, 3.63) is 59.7 Å². The number of carbonyl (C=O) groups is 1. The summed E-state index contributed by atoms with van der Waals surface area (Å²) < 4.78 is 33.2. The number of hydrogen-bond acceptors (Lipinski definition) is 6. The van der Waals surface area contributed by atoms with Crippen LogP contribution in [0.15, 0.2) is 53.4 Å². The van der Waals surface area contributed by atoms with Gasteiger partial charge in [0.15, 0.2) is 0 Å². The summed E-state index contributed by atoms with van der Waals surface area (Å²) in [4.78, 5) is 14.5. The van der Waals surface area contributed by atoms with Crippen LogP contribution < -0.4 is 10.4 Å². The van der Waals surface area contributed by atoms with Crippen LogP contribution in [-0.4, -0.2) is 56.2 Å². The van der Waals surface area contributed by atoms with Crippen molar-refractivity contribution in [2.24, 2.45) is 0 Å². The molecule has 2 aliphatic heterocycles. The van der Waals surface area contributed by atoms with E-state index in [1.807, 2.05) is 24.3 Å². The first-order chi connectivity index (χ1) is 14.0. The maximum Gasteiger partial charge on any atom is 0.262 e. The van der Waals surface area contributed by atoms with Crippen molar-refractivity contribution in [3.8, 4) is 0 Å². The molecule has 0 bridgehead atoms. The predicted octanol–water partition coefficient (Wildman–Crippen LogP) is 1.14. The zero-order chi connectivity index (χ0) is 20.4. The summed E-state index contributed by atoms with van der Waals surface area (Å²) in [6, 6.07) is 13.1. The number of nitrogens with one attached hydrogen (secondary N) is 1. The zero-order valence-corrected chi connectivity index (χ0v) is 16.6. The van der Waals surface area contributed by atoms with E-state index in [1.165, 1.54) is 0 Å². The van der Waals surface area contributed by atoms with Crippen LogP contribution in [0.4, 0.5) is 5.69 Å². The Balaban J connectivity index is 1.64. The Morgan fingerprint density at radius 3 is 2.34 bits per heavy atom. The van der Waals surface area contributed by atoms with E-state index in [2.05, 4.69) is 4.90 Å². The van der Waals surface area contributed by atoms with Crippen molar-refractivity contribution in [1.82, 2.24) is 9.79 Å². The van der Waals surface area contributed by atoms with Crippen LogP contribution >= 0.6 is 0 Å². The third kappa shape index (κ3) is 3.86. The van der Waals surface area contributed by atoms with Gasteiger partial charge in [-0.2, -0.15) is 4.31 Å². The number of hydroxylamine groups is 1. The van der Waals surface area contributed by atoms with Crippen molar-refractivity contribution >= 4 is 21.6 Å². The first-order valence-corrected chi connectivity index (χ1v) is 10.9. The van der Waals surface area contributed by atoms with E-state index >= 15 is 0 Å². The molecule has 1 fully saturated rings. The Labute approximate surface area is 169 Å². The molecule has 1 saturated heterocycles. The van der Waals surface area contributed by atoms with E-state index in [-0.39, 0.29) is 17.9 Å². The highest BCUT2D eigenvalue weighted by Crippen LogP contribution is 2.30. The zero-order valence-electron chi connectivity index (χ0n) is 15.8. The van der Waals surface area contributed by atoms with Crippen molar-refractivity contribution in [1.29, 1.82) is 0 Å². The fourth-order valence-corrected chi connectivity index (χ4v) is 5.40. The van der Waals surface area contributed by atoms with Crippen molar-refractivity contribution in [3.63, 3.8) is 0 Å². The van der Waals surface area contributed by atoms with Crippen LogP contribution in [0.5, 0.6) is 0 Å². The molecule has 0 aromatic heterocycles. The SMILES string of the molecule is O=C(NO)[C@H]1Cc2ccccc2CN1S(=O)(=O)c1ccc(N2CCOCC2)cc1. The number of carbonyl (C=O) groups excluding carboxylic acids is 1. The Morgan fingerprint density at radius 2 is 1.69 bits per heavy atom. The standard InChI is InChI=1S/C20H23N3O5S/c24-20(21-25)19-13-15-3-1-2-4-16(15)14-23(19)29(26,27)18-7-5-17(6-8-18)22-9-11-28-12-10-22/h1-8,19,25H,9-14H2,(H,21,24)/t19-/m1/s1. The maximum absolute atomic E-state index is 13.3. The summed E-state index contributed by atoms with van der Waals surface area (Å²) in [5.74, 6) is -0.743. The number of amides is 1.